The number of fused-ring (bicyclic) bond motifs is 6. The van der Waals surface area contributed by atoms with E-state index in [2.05, 4.69) is 0 Å². The van der Waals surface area contributed by atoms with E-state index in [0.717, 1.165) is 11.1 Å². The van der Waals surface area contributed by atoms with E-state index in [1.807, 2.05) is 17.9 Å². The van der Waals surface area contributed by atoms with Crippen molar-refractivity contribution in [3.8, 4) is 11.5 Å². The van der Waals surface area contributed by atoms with E-state index in [1.165, 1.54) is 26.0 Å². The van der Waals surface area contributed by atoms with Gasteiger partial charge in [-0.3, -0.25) is 19.3 Å². The molecule has 4 aliphatic rings. The molecular formula is C25H26N2O7. The van der Waals surface area contributed by atoms with Gasteiger partial charge in [-0.2, -0.15) is 0 Å². The highest BCUT2D eigenvalue weighted by Gasteiger charge is 2.54. The topological polar surface area (TPSA) is 117 Å². The van der Waals surface area contributed by atoms with Gasteiger partial charge < -0.3 is 24.6 Å². The van der Waals surface area contributed by atoms with E-state index in [0.29, 0.717) is 23.4 Å². The zero-order valence-corrected chi connectivity index (χ0v) is 19.6. The molecule has 1 aliphatic carbocycles. The summed E-state index contributed by atoms with van der Waals surface area (Å²) in [5.74, 6) is -0.940. The molecule has 0 aromatic heterocycles. The maximum absolute atomic E-state index is 13.7. The highest BCUT2D eigenvalue weighted by atomic mass is 16.5. The summed E-state index contributed by atoms with van der Waals surface area (Å²) < 4.78 is 10.6. The zero-order chi connectivity index (χ0) is 24.6. The SMILES string of the molecule is COC1=C(C)C(=O)C2=C(C1=O)[C@H](CO)N1C(=O)[C@@H]3Cc4cc(C)c(OC)c(O)c4[C@H](C1=C2)N3C. The van der Waals surface area contributed by atoms with Crippen LogP contribution in [0.1, 0.15) is 29.7 Å². The lowest BCUT2D eigenvalue weighted by Crippen LogP contribution is -2.63. The van der Waals surface area contributed by atoms with E-state index in [-0.39, 0.29) is 34.1 Å². The molecule has 2 bridgehead atoms. The molecule has 34 heavy (non-hydrogen) atoms. The average Bonchev–Trinajstić information content (AvgIpc) is 2.80. The van der Waals surface area contributed by atoms with Crippen LogP contribution in [0, 0.1) is 6.92 Å². The van der Waals surface area contributed by atoms with Gasteiger partial charge in [0.05, 0.1) is 39.0 Å². The van der Waals surface area contributed by atoms with Gasteiger partial charge in [0, 0.05) is 28.0 Å². The number of benzene rings is 1. The van der Waals surface area contributed by atoms with Crippen LogP contribution < -0.4 is 4.74 Å². The van der Waals surface area contributed by atoms with Crippen LogP contribution in [-0.2, 0) is 25.5 Å². The second-order valence-electron chi connectivity index (χ2n) is 9.06. The molecule has 0 spiro atoms. The van der Waals surface area contributed by atoms with Gasteiger partial charge >= 0.3 is 0 Å². The molecule has 1 saturated heterocycles. The van der Waals surface area contributed by atoms with Crippen molar-refractivity contribution in [3.63, 3.8) is 0 Å². The Bertz CT molecular complexity index is 1270. The molecule has 1 fully saturated rings. The van der Waals surface area contributed by atoms with E-state index >= 15 is 0 Å². The number of likely N-dealkylation sites (N-methyl/N-ethyl adjacent to an activating group) is 1. The fourth-order valence-corrected chi connectivity index (χ4v) is 5.87. The number of carbonyl (C=O) groups excluding carboxylic acids is 3. The molecule has 9 nitrogen and oxygen atoms in total. The van der Waals surface area contributed by atoms with Gasteiger partial charge in [-0.15, -0.1) is 0 Å². The Kier molecular flexibility index (Phi) is 4.96. The number of methoxy groups -OCH3 is 2. The molecule has 0 unspecified atom stereocenters. The van der Waals surface area contributed by atoms with Gasteiger partial charge in [-0.1, -0.05) is 6.07 Å². The minimum absolute atomic E-state index is 0.0212. The monoisotopic (exact) mass is 466 g/mol. The predicted molar refractivity (Wildman–Crippen MR) is 120 cm³/mol. The molecule has 0 radical (unpaired) electrons. The second kappa shape index (κ2) is 7.54. The predicted octanol–water partition coefficient (Wildman–Crippen LogP) is 1.08. The molecule has 9 heteroatoms. The molecule has 0 saturated carbocycles. The third-order valence-corrected chi connectivity index (χ3v) is 7.42. The smallest absolute Gasteiger partial charge is 0.245 e. The molecule has 3 atom stereocenters. The number of rotatable bonds is 3. The summed E-state index contributed by atoms with van der Waals surface area (Å²) in [6, 6.07) is -0.271. The number of aliphatic hydroxyl groups excluding tert-OH is 1. The number of ketones is 2. The maximum atomic E-state index is 13.7. The van der Waals surface area contributed by atoms with Crippen LogP contribution in [-0.4, -0.2) is 77.4 Å². The number of aryl methyl sites for hydroxylation is 1. The Labute approximate surface area is 196 Å². The molecule has 178 valence electrons. The van der Waals surface area contributed by atoms with Crippen molar-refractivity contribution < 1.29 is 34.1 Å². The number of phenolic OH excluding ortho intramolecular Hbond substituents is 1. The van der Waals surface area contributed by atoms with Crippen molar-refractivity contribution >= 4 is 17.5 Å². The second-order valence-corrected chi connectivity index (χ2v) is 9.06. The molecule has 1 aromatic rings. The van der Waals surface area contributed by atoms with Crippen molar-refractivity contribution in [2.45, 2.75) is 38.4 Å². The molecule has 1 amide bonds. The molecule has 3 heterocycles. The molecule has 5 rings (SSSR count). The van der Waals surface area contributed by atoms with Gasteiger partial charge in [0.15, 0.2) is 23.0 Å². The molecule has 3 aliphatic heterocycles. The first-order valence-corrected chi connectivity index (χ1v) is 11.0. The van der Waals surface area contributed by atoms with Crippen molar-refractivity contribution in [3.05, 3.63) is 57.0 Å². The first-order valence-electron chi connectivity index (χ1n) is 11.0. The van der Waals surface area contributed by atoms with Gasteiger partial charge in [0.1, 0.15) is 0 Å². The van der Waals surface area contributed by atoms with Crippen molar-refractivity contribution in [2.24, 2.45) is 0 Å². The number of piperazine rings is 1. The minimum atomic E-state index is -1.04. The average molecular weight is 466 g/mol. The number of allylic oxidation sites excluding steroid dienone is 4. The Morgan fingerprint density at radius 1 is 1.12 bits per heavy atom. The lowest BCUT2D eigenvalue weighted by atomic mass is 9.75. The zero-order valence-electron chi connectivity index (χ0n) is 19.6. The quantitative estimate of drug-likeness (QED) is 0.636. The first kappa shape index (κ1) is 22.4. The van der Waals surface area contributed by atoms with E-state index in [9.17, 15) is 24.6 Å². The van der Waals surface area contributed by atoms with Crippen LogP contribution in [0.25, 0.3) is 0 Å². The summed E-state index contributed by atoms with van der Waals surface area (Å²) in [6.45, 7) is 2.80. The summed E-state index contributed by atoms with van der Waals surface area (Å²) in [4.78, 5) is 43.5. The van der Waals surface area contributed by atoms with Gasteiger partial charge in [-0.25, -0.2) is 0 Å². The summed E-state index contributed by atoms with van der Waals surface area (Å²) >= 11 is 0. The summed E-state index contributed by atoms with van der Waals surface area (Å²) in [5.41, 5.74) is 2.96. The highest BCUT2D eigenvalue weighted by Crippen LogP contribution is 2.52. The number of hydrogen-bond acceptors (Lipinski definition) is 8. The Morgan fingerprint density at radius 2 is 1.82 bits per heavy atom. The first-order chi connectivity index (χ1) is 16.2. The molecular weight excluding hydrogens is 440 g/mol. The van der Waals surface area contributed by atoms with Crippen LogP contribution in [0.2, 0.25) is 0 Å². The Morgan fingerprint density at radius 3 is 2.44 bits per heavy atom. The lowest BCUT2D eigenvalue weighted by Gasteiger charge is -2.53. The maximum Gasteiger partial charge on any atom is 0.245 e. The Hall–Kier alpha value is -3.43. The number of amides is 1. The highest BCUT2D eigenvalue weighted by molar-refractivity contribution is 6.26. The van der Waals surface area contributed by atoms with Crippen LogP contribution in [0.15, 0.2) is 40.3 Å². The Balaban J connectivity index is 1.78. The van der Waals surface area contributed by atoms with Gasteiger partial charge in [0.2, 0.25) is 11.7 Å². The number of aromatic hydroxyl groups is 1. The molecule has 2 N–H and O–H groups in total. The summed E-state index contributed by atoms with van der Waals surface area (Å²) in [6.07, 6.45) is 1.90. The van der Waals surface area contributed by atoms with Gasteiger partial charge in [0.25, 0.3) is 0 Å². The van der Waals surface area contributed by atoms with Crippen molar-refractivity contribution in [1.29, 1.82) is 0 Å². The standard InChI is InChI=1S/C25H26N2O7/c1-10-6-12-7-15-25(32)27-14(19(26(15)3)17(12)21(30)23(10)33-4)8-13-18(16(27)9-28)22(31)24(34-5)11(2)20(13)29/h6,8,15-16,19,28,30H,7,9H2,1-5H3/t15-,16-,19-/m0/s1. The van der Waals surface area contributed by atoms with E-state index < -0.39 is 36.3 Å². The number of Topliss-reactive ketones (excluding diaryl/α,β-unsaturated/α-hetero) is 2. The van der Waals surface area contributed by atoms with Crippen molar-refractivity contribution in [2.75, 3.05) is 27.9 Å². The summed E-state index contributed by atoms with van der Waals surface area (Å²) in [7, 11) is 4.59. The number of hydrogen-bond donors (Lipinski definition) is 2. The summed E-state index contributed by atoms with van der Waals surface area (Å²) in [5, 5.41) is 21.5. The number of phenols is 1. The lowest BCUT2D eigenvalue weighted by molar-refractivity contribution is -0.144. The van der Waals surface area contributed by atoms with Crippen LogP contribution >= 0.6 is 0 Å². The fourth-order valence-electron chi connectivity index (χ4n) is 5.87. The molecule has 1 aromatic carbocycles. The minimum Gasteiger partial charge on any atom is -0.504 e. The largest absolute Gasteiger partial charge is 0.504 e. The normalized spacial score (nSPS) is 26.3. The number of nitrogens with zero attached hydrogens (tertiary/aromatic N) is 2. The van der Waals surface area contributed by atoms with Crippen LogP contribution in [0.4, 0.5) is 0 Å². The van der Waals surface area contributed by atoms with Crippen LogP contribution in [0.3, 0.4) is 0 Å². The van der Waals surface area contributed by atoms with E-state index in [4.69, 9.17) is 9.47 Å². The van der Waals surface area contributed by atoms with Crippen molar-refractivity contribution in [1.82, 2.24) is 9.80 Å². The number of ether oxygens (including phenoxy) is 2. The van der Waals surface area contributed by atoms with Crippen LogP contribution in [0.5, 0.6) is 11.5 Å². The van der Waals surface area contributed by atoms with Gasteiger partial charge in [-0.05, 0) is 44.5 Å². The van der Waals surface area contributed by atoms with E-state index in [1.54, 1.807) is 13.1 Å². The fraction of sp³-hybridized carbons (Fsp3) is 0.400. The third-order valence-electron chi connectivity index (χ3n) is 7.42. The third kappa shape index (κ3) is 2.65. The number of carbonyl (C=O) groups is 3. The number of aliphatic hydroxyl groups is 1.